The first-order valence-electron chi connectivity index (χ1n) is 11.8. The number of anilines is 1. The Morgan fingerprint density at radius 2 is 1.74 bits per heavy atom. The van der Waals surface area contributed by atoms with Crippen molar-refractivity contribution in [2.45, 2.75) is 19.3 Å². The lowest BCUT2D eigenvalue weighted by Gasteiger charge is -2.31. The number of thiazole rings is 1. The third kappa shape index (κ3) is 5.71. The van der Waals surface area contributed by atoms with Gasteiger partial charge in [-0.2, -0.15) is 0 Å². The molecule has 8 heteroatoms. The molecule has 1 aliphatic rings. The van der Waals surface area contributed by atoms with Crippen molar-refractivity contribution in [3.05, 3.63) is 83.6 Å². The number of benzene rings is 2. The van der Waals surface area contributed by atoms with E-state index in [0.29, 0.717) is 12.2 Å². The van der Waals surface area contributed by atoms with Crippen LogP contribution in [0.5, 0.6) is 0 Å². The van der Waals surface area contributed by atoms with Crippen molar-refractivity contribution in [3.8, 4) is 21.8 Å². The van der Waals surface area contributed by atoms with E-state index >= 15 is 0 Å². The summed E-state index contributed by atoms with van der Waals surface area (Å²) in [6.07, 6.45) is 2.29. The number of hydrogen-bond donors (Lipinski definition) is 1. The second-order valence-corrected chi connectivity index (χ2v) is 9.45. The van der Waals surface area contributed by atoms with E-state index in [0.717, 1.165) is 60.0 Å². The summed E-state index contributed by atoms with van der Waals surface area (Å²) in [5.74, 6) is 0.645. The Morgan fingerprint density at radius 3 is 2.46 bits per heavy atom. The van der Waals surface area contributed by atoms with Crippen LogP contribution in [0.1, 0.15) is 18.5 Å². The minimum Gasteiger partial charge on any atom is -0.355 e. The molecule has 3 heterocycles. The molecule has 1 fully saturated rings. The van der Waals surface area contributed by atoms with Crippen LogP contribution in [0.4, 0.5) is 10.2 Å². The maximum Gasteiger partial charge on any atom is 0.223 e. The number of halogens is 1. The van der Waals surface area contributed by atoms with Gasteiger partial charge in [-0.25, -0.2) is 9.37 Å². The Labute approximate surface area is 207 Å². The highest BCUT2D eigenvalue weighted by Gasteiger charge is 2.25. The molecule has 1 amide bonds. The van der Waals surface area contributed by atoms with Crippen LogP contribution in [0.2, 0.25) is 0 Å². The zero-order valence-corrected chi connectivity index (χ0v) is 20.0. The number of rotatable bonds is 7. The van der Waals surface area contributed by atoms with Gasteiger partial charge in [-0.15, -0.1) is 21.5 Å². The topological polar surface area (TPSA) is 71.0 Å². The Hall–Kier alpha value is -3.65. The maximum absolute atomic E-state index is 13.1. The first-order chi connectivity index (χ1) is 17.2. The molecule has 0 saturated carbocycles. The molecule has 2 aromatic heterocycles. The summed E-state index contributed by atoms with van der Waals surface area (Å²) in [4.78, 5) is 19.5. The van der Waals surface area contributed by atoms with Crippen LogP contribution in [0.25, 0.3) is 21.8 Å². The molecular formula is C27H26FN5OS. The van der Waals surface area contributed by atoms with Gasteiger partial charge in [-0.1, -0.05) is 30.3 Å². The molecule has 0 spiro atoms. The van der Waals surface area contributed by atoms with Gasteiger partial charge >= 0.3 is 0 Å². The van der Waals surface area contributed by atoms with Gasteiger partial charge < -0.3 is 10.2 Å². The second-order valence-electron chi connectivity index (χ2n) is 8.60. The van der Waals surface area contributed by atoms with E-state index in [1.165, 1.54) is 12.1 Å². The van der Waals surface area contributed by atoms with E-state index in [9.17, 15) is 9.18 Å². The van der Waals surface area contributed by atoms with Gasteiger partial charge in [0.25, 0.3) is 0 Å². The summed E-state index contributed by atoms with van der Waals surface area (Å²) in [5, 5.41) is 14.8. The van der Waals surface area contributed by atoms with Crippen molar-refractivity contribution < 1.29 is 9.18 Å². The van der Waals surface area contributed by atoms with Crippen LogP contribution >= 0.6 is 11.3 Å². The fourth-order valence-corrected chi connectivity index (χ4v) is 5.09. The third-order valence-corrected chi connectivity index (χ3v) is 7.17. The van der Waals surface area contributed by atoms with E-state index in [1.54, 1.807) is 23.5 Å². The quantitative estimate of drug-likeness (QED) is 0.398. The Morgan fingerprint density at radius 1 is 0.971 bits per heavy atom. The molecule has 0 unspecified atom stereocenters. The Balaban J connectivity index is 1.07. The maximum atomic E-state index is 13.1. The molecule has 0 aliphatic carbocycles. The van der Waals surface area contributed by atoms with E-state index in [4.69, 9.17) is 4.98 Å². The minimum absolute atomic E-state index is 0.00742. The summed E-state index contributed by atoms with van der Waals surface area (Å²) < 4.78 is 13.1. The predicted molar refractivity (Wildman–Crippen MR) is 137 cm³/mol. The standard InChI is InChI=1S/C27H26FN5OS/c28-22-8-6-19(7-9-22)24-10-11-25(32-31-24)33-16-13-20(14-17-33)26(34)29-15-12-23-18-35-27(30-23)21-4-2-1-3-5-21/h1-11,18,20H,12-17H2,(H,29,34). The second kappa shape index (κ2) is 10.7. The fourth-order valence-electron chi connectivity index (χ4n) is 4.23. The largest absolute Gasteiger partial charge is 0.355 e. The van der Waals surface area contributed by atoms with Crippen LogP contribution < -0.4 is 10.2 Å². The van der Waals surface area contributed by atoms with Crippen LogP contribution in [0.15, 0.2) is 72.1 Å². The number of nitrogens with one attached hydrogen (secondary N) is 1. The summed E-state index contributed by atoms with van der Waals surface area (Å²) >= 11 is 1.63. The van der Waals surface area contributed by atoms with Crippen molar-refractivity contribution in [1.82, 2.24) is 20.5 Å². The van der Waals surface area contributed by atoms with Crippen LogP contribution in [0.3, 0.4) is 0 Å². The number of carbonyl (C=O) groups is 1. The van der Waals surface area contributed by atoms with E-state index < -0.39 is 0 Å². The summed E-state index contributed by atoms with van der Waals surface area (Å²) in [6.45, 7) is 2.11. The molecule has 0 bridgehead atoms. The van der Waals surface area contributed by atoms with E-state index in [-0.39, 0.29) is 17.6 Å². The number of piperidine rings is 1. The highest BCUT2D eigenvalue weighted by molar-refractivity contribution is 7.13. The van der Waals surface area contributed by atoms with Gasteiger partial charge in [-0.3, -0.25) is 4.79 Å². The molecule has 35 heavy (non-hydrogen) atoms. The van der Waals surface area contributed by atoms with Crippen molar-refractivity contribution in [1.29, 1.82) is 0 Å². The number of nitrogens with zero attached hydrogens (tertiary/aromatic N) is 4. The zero-order chi connectivity index (χ0) is 24.0. The van der Waals surface area contributed by atoms with Crippen molar-refractivity contribution in [3.63, 3.8) is 0 Å². The molecule has 5 rings (SSSR count). The monoisotopic (exact) mass is 487 g/mol. The smallest absolute Gasteiger partial charge is 0.223 e. The Kier molecular flexibility index (Phi) is 7.09. The van der Waals surface area contributed by atoms with Gasteiger partial charge in [0.05, 0.1) is 11.4 Å². The first kappa shape index (κ1) is 23.1. The third-order valence-electron chi connectivity index (χ3n) is 6.23. The van der Waals surface area contributed by atoms with Crippen LogP contribution in [-0.4, -0.2) is 40.7 Å². The Bertz CT molecular complexity index is 1250. The fraction of sp³-hybridized carbons (Fsp3) is 0.259. The van der Waals surface area contributed by atoms with Crippen LogP contribution in [0, 0.1) is 11.7 Å². The SMILES string of the molecule is O=C(NCCc1csc(-c2ccccc2)n1)C1CCN(c2ccc(-c3ccc(F)cc3)nn2)CC1. The molecule has 178 valence electrons. The van der Waals surface area contributed by atoms with Gasteiger partial charge in [0.1, 0.15) is 10.8 Å². The molecule has 1 saturated heterocycles. The molecule has 1 aliphatic heterocycles. The van der Waals surface area contributed by atoms with Gasteiger partial charge in [0, 0.05) is 48.5 Å². The number of amides is 1. The molecule has 6 nitrogen and oxygen atoms in total. The lowest BCUT2D eigenvalue weighted by Crippen LogP contribution is -2.41. The number of carbonyl (C=O) groups excluding carboxylic acids is 1. The minimum atomic E-state index is -0.273. The van der Waals surface area contributed by atoms with Crippen molar-refractivity contribution >= 4 is 23.1 Å². The molecule has 2 aromatic carbocycles. The molecular weight excluding hydrogens is 461 g/mol. The first-order valence-corrected chi connectivity index (χ1v) is 12.7. The van der Waals surface area contributed by atoms with E-state index in [2.05, 4.69) is 37.9 Å². The van der Waals surface area contributed by atoms with Crippen molar-refractivity contribution in [2.75, 3.05) is 24.5 Å². The normalized spacial score (nSPS) is 14.1. The average Bonchev–Trinajstić information content (AvgIpc) is 3.39. The summed E-state index contributed by atoms with van der Waals surface area (Å²) in [6, 6.07) is 20.2. The highest BCUT2D eigenvalue weighted by atomic mass is 32.1. The highest BCUT2D eigenvalue weighted by Crippen LogP contribution is 2.25. The number of aromatic nitrogens is 3. The van der Waals surface area contributed by atoms with E-state index in [1.807, 2.05) is 30.3 Å². The summed E-state index contributed by atoms with van der Waals surface area (Å²) in [7, 11) is 0. The van der Waals surface area contributed by atoms with Crippen LogP contribution in [-0.2, 0) is 11.2 Å². The molecule has 0 atom stereocenters. The predicted octanol–water partition coefficient (Wildman–Crippen LogP) is 4.98. The molecule has 0 radical (unpaired) electrons. The van der Waals surface area contributed by atoms with Gasteiger partial charge in [0.15, 0.2) is 5.82 Å². The van der Waals surface area contributed by atoms with Gasteiger partial charge in [0.2, 0.25) is 5.91 Å². The van der Waals surface area contributed by atoms with Crippen molar-refractivity contribution in [2.24, 2.45) is 5.92 Å². The van der Waals surface area contributed by atoms with Gasteiger partial charge in [-0.05, 0) is 49.2 Å². The molecule has 1 N–H and O–H groups in total. The zero-order valence-electron chi connectivity index (χ0n) is 19.2. The average molecular weight is 488 g/mol. The lowest BCUT2D eigenvalue weighted by molar-refractivity contribution is -0.125. The number of hydrogen-bond acceptors (Lipinski definition) is 6. The lowest BCUT2D eigenvalue weighted by atomic mass is 9.96. The summed E-state index contributed by atoms with van der Waals surface area (Å²) in [5.41, 5.74) is 3.66. The molecule has 4 aromatic rings.